The minimum atomic E-state index is -0.571. The minimum Gasteiger partial charge on any atom is -0.507 e. The van der Waals surface area contributed by atoms with E-state index in [1.54, 1.807) is 13.0 Å². The fourth-order valence-electron chi connectivity index (χ4n) is 2.42. The number of phenolic OH excluding ortho intramolecular Hbond substituents is 3. The summed E-state index contributed by atoms with van der Waals surface area (Å²) < 4.78 is 5.42. The fraction of sp³-hybridized carbons (Fsp3) is 0.133. The molecule has 0 atom stereocenters. The summed E-state index contributed by atoms with van der Waals surface area (Å²) in [6.07, 6.45) is 0. The van der Waals surface area contributed by atoms with Crippen LogP contribution in [0.1, 0.15) is 27.0 Å². The Labute approximate surface area is 114 Å². The Kier molecular flexibility index (Phi) is 2.57. The molecule has 2 aromatic carbocycles. The maximum absolute atomic E-state index is 12.5. The SMILES string of the molecule is Cc1cc(O)c2c(c1)COc1c(O)ccc(O)c1C2=O. The number of benzene rings is 2. The third-order valence-corrected chi connectivity index (χ3v) is 3.28. The smallest absolute Gasteiger partial charge is 0.204 e. The van der Waals surface area contributed by atoms with Gasteiger partial charge in [-0.25, -0.2) is 0 Å². The number of ether oxygens (including phenoxy) is 1. The Balaban J connectivity index is 2.31. The van der Waals surface area contributed by atoms with Crippen LogP contribution in [0.5, 0.6) is 23.0 Å². The number of phenols is 3. The summed E-state index contributed by atoms with van der Waals surface area (Å²) in [5.41, 5.74) is 1.26. The first-order chi connectivity index (χ1) is 9.49. The van der Waals surface area contributed by atoms with Crippen LogP contribution in [-0.4, -0.2) is 21.1 Å². The van der Waals surface area contributed by atoms with Crippen molar-refractivity contribution in [3.05, 3.63) is 46.5 Å². The highest BCUT2D eigenvalue weighted by Gasteiger charge is 2.30. The molecule has 0 spiro atoms. The summed E-state index contributed by atoms with van der Waals surface area (Å²) in [7, 11) is 0. The first-order valence-electron chi connectivity index (χ1n) is 6.04. The summed E-state index contributed by atoms with van der Waals surface area (Å²) in [6.45, 7) is 1.82. The van der Waals surface area contributed by atoms with E-state index in [1.807, 2.05) is 0 Å². The van der Waals surface area contributed by atoms with Gasteiger partial charge in [0.1, 0.15) is 23.7 Å². The minimum absolute atomic E-state index is 0.0281. The second-order valence-electron chi connectivity index (χ2n) is 4.74. The molecule has 3 N–H and O–H groups in total. The van der Waals surface area contributed by atoms with Crippen LogP contribution in [0.4, 0.5) is 0 Å². The van der Waals surface area contributed by atoms with Gasteiger partial charge in [0.15, 0.2) is 11.5 Å². The molecule has 102 valence electrons. The molecule has 1 heterocycles. The lowest BCUT2D eigenvalue weighted by Crippen LogP contribution is -2.04. The molecule has 0 amide bonds. The van der Waals surface area contributed by atoms with E-state index < -0.39 is 5.78 Å². The number of rotatable bonds is 0. The van der Waals surface area contributed by atoms with Gasteiger partial charge in [0.25, 0.3) is 0 Å². The predicted molar refractivity (Wildman–Crippen MR) is 70.4 cm³/mol. The van der Waals surface area contributed by atoms with E-state index in [9.17, 15) is 20.1 Å². The Morgan fingerprint density at radius 2 is 1.70 bits per heavy atom. The van der Waals surface area contributed by atoms with Gasteiger partial charge in [-0.2, -0.15) is 0 Å². The number of aromatic hydroxyl groups is 3. The second-order valence-corrected chi connectivity index (χ2v) is 4.74. The lowest BCUT2D eigenvalue weighted by atomic mass is 9.96. The van der Waals surface area contributed by atoms with Crippen molar-refractivity contribution in [1.82, 2.24) is 0 Å². The largest absolute Gasteiger partial charge is 0.507 e. The molecule has 20 heavy (non-hydrogen) atoms. The van der Waals surface area contributed by atoms with E-state index in [0.29, 0.717) is 5.56 Å². The van der Waals surface area contributed by atoms with Crippen molar-refractivity contribution >= 4 is 5.78 Å². The van der Waals surface area contributed by atoms with Crippen LogP contribution in [0.2, 0.25) is 0 Å². The average Bonchev–Trinajstić information content (AvgIpc) is 2.52. The monoisotopic (exact) mass is 272 g/mol. The zero-order chi connectivity index (χ0) is 14.4. The number of hydrogen-bond donors (Lipinski definition) is 3. The number of carbonyl (C=O) groups excluding carboxylic acids is 1. The summed E-state index contributed by atoms with van der Waals surface area (Å²) in [4.78, 5) is 12.5. The second kappa shape index (κ2) is 4.16. The van der Waals surface area contributed by atoms with Crippen molar-refractivity contribution in [2.75, 3.05) is 0 Å². The molecule has 1 aliphatic rings. The molecule has 0 saturated carbocycles. The van der Waals surface area contributed by atoms with Gasteiger partial charge in [-0.1, -0.05) is 6.07 Å². The molecule has 0 aliphatic carbocycles. The standard InChI is InChI=1S/C15H12O5/c1-7-4-8-6-20-15-10(17)3-2-9(16)13(15)14(19)12(8)11(18)5-7/h2-5,16-18H,6H2,1H3. The number of hydrogen-bond acceptors (Lipinski definition) is 5. The van der Waals surface area contributed by atoms with Crippen LogP contribution in [0.15, 0.2) is 24.3 Å². The Bertz CT molecular complexity index is 734. The van der Waals surface area contributed by atoms with Crippen LogP contribution >= 0.6 is 0 Å². The zero-order valence-corrected chi connectivity index (χ0v) is 10.7. The van der Waals surface area contributed by atoms with Gasteiger partial charge in [-0.05, 0) is 30.7 Å². The van der Waals surface area contributed by atoms with Gasteiger partial charge in [0.05, 0.1) is 5.56 Å². The lowest BCUT2D eigenvalue weighted by Gasteiger charge is -2.09. The van der Waals surface area contributed by atoms with Crippen molar-refractivity contribution in [3.8, 4) is 23.0 Å². The summed E-state index contributed by atoms with van der Waals surface area (Å²) >= 11 is 0. The van der Waals surface area contributed by atoms with E-state index in [1.165, 1.54) is 18.2 Å². The molecule has 0 radical (unpaired) electrons. The highest BCUT2D eigenvalue weighted by atomic mass is 16.5. The van der Waals surface area contributed by atoms with Crippen molar-refractivity contribution in [2.24, 2.45) is 0 Å². The average molecular weight is 272 g/mol. The van der Waals surface area contributed by atoms with Crippen molar-refractivity contribution < 1.29 is 24.9 Å². The van der Waals surface area contributed by atoms with Crippen molar-refractivity contribution in [3.63, 3.8) is 0 Å². The van der Waals surface area contributed by atoms with Crippen LogP contribution in [-0.2, 0) is 6.61 Å². The van der Waals surface area contributed by atoms with Gasteiger partial charge in [0.2, 0.25) is 5.78 Å². The normalized spacial score (nSPS) is 13.2. The number of aryl methyl sites for hydroxylation is 1. The van der Waals surface area contributed by atoms with Crippen LogP contribution in [0.3, 0.4) is 0 Å². The first kappa shape index (κ1) is 12.3. The van der Waals surface area contributed by atoms with E-state index in [-0.39, 0.29) is 40.7 Å². The summed E-state index contributed by atoms with van der Waals surface area (Å²) in [6, 6.07) is 5.67. The highest BCUT2D eigenvalue weighted by molar-refractivity contribution is 6.15. The van der Waals surface area contributed by atoms with Crippen molar-refractivity contribution in [1.29, 1.82) is 0 Å². The molecule has 0 unspecified atom stereocenters. The molecule has 0 fully saturated rings. The Morgan fingerprint density at radius 3 is 2.45 bits per heavy atom. The first-order valence-corrected chi connectivity index (χ1v) is 6.04. The van der Waals surface area contributed by atoms with Gasteiger partial charge in [-0.3, -0.25) is 4.79 Å². The third-order valence-electron chi connectivity index (χ3n) is 3.28. The van der Waals surface area contributed by atoms with Crippen LogP contribution < -0.4 is 4.74 Å². The van der Waals surface area contributed by atoms with E-state index >= 15 is 0 Å². The van der Waals surface area contributed by atoms with Gasteiger partial charge in [0, 0.05) is 5.56 Å². The maximum atomic E-state index is 12.5. The molecule has 0 bridgehead atoms. The topological polar surface area (TPSA) is 87.0 Å². The van der Waals surface area contributed by atoms with Gasteiger partial charge in [-0.15, -0.1) is 0 Å². The number of carbonyl (C=O) groups is 1. The Hall–Kier alpha value is -2.69. The van der Waals surface area contributed by atoms with Crippen molar-refractivity contribution in [2.45, 2.75) is 13.5 Å². The van der Waals surface area contributed by atoms with Gasteiger partial charge < -0.3 is 20.1 Å². The maximum Gasteiger partial charge on any atom is 0.204 e. The van der Waals surface area contributed by atoms with Crippen LogP contribution in [0, 0.1) is 6.92 Å². The lowest BCUT2D eigenvalue weighted by molar-refractivity contribution is 0.103. The molecular weight excluding hydrogens is 260 g/mol. The van der Waals surface area contributed by atoms with E-state index in [4.69, 9.17) is 4.74 Å². The fourth-order valence-corrected chi connectivity index (χ4v) is 2.42. The van der Waals surface area contributed by atoms with E-state index in [0.717, 1.165) is 5.56 Å². The molecular formula is C15H12O5. The quantitative estimate of drug-likeness (QED) is 0.640. The molecule has 3 rings (SSSR count). The summed E-state index contributed by atoms with van der Waals surface area (Å²) in [5, 5.41) is 29.6. The highest BCUT2D eigenvalue weighted by Crippen LogP contribution is 2.42. The zero-order valence-electron chi connectivity index (χ0n) is 10.7. The van der Waals surface area contributed by atoms with Crippen LogP contribution in [0.25, 0.3) is 0 Å². The summed E-state index contributed by atoms with van der Waals surface area (Å²) in [5.74, 6) is -1.32. The number of fused-ring (bicyclic) bond motifs is 2. The van der Waals surface area contributed by atoms with Gasteiger partial charge >= 0.3 is 0 Å². The third kappa shape index (κ3) is 1.67. The molecule has 0 saturated heterocycles. The predicted octanol–water partition coefficient (Wildman–Crippen LogP) is 2.24. The molecule has 5 nitrogen and oxygen atoms in total. The molecule has 5 heteroatoms. The molecule has 2 aromatic rings. The number of ketones is 1. The Morgan fingerprint density at radius 1 is 1.00 bits per heavy atom. The van der Waals surface area contributed by atoms with E-state index in [2.05, 4.69) is 0 Å². The molecule has 0 aromatic heterocycles. The molecule has 1 aliphatic heterocycles.